The minimum absolute atomic E-state index is 0.0446. The Morgan fingerprint density at radius 1 is 1.29 bits per heavy atom. The first-order chi connectivity index (χ1) is 10.2. The highest BCUT2D eigenvalue weighted by Crippen LogP contribution is 2.08. The van der Waals surface area contributed by atoms with Gasteiger partial charge in [0.25, 0.3) is 5.91 Å². The van der Waals surface area contributed by atoms with Gasteiger partial charge in [-0.25, -0.2) is 4.98 Å². The van der Waals surface area contributed by atoms with Crippen molar-refractivity contribution in [1.29, 1.82) is 0 Å². The van der Waals surface area contributed by atoms with Gasteiger partial charge < -0.3 is 24.8 Å². The number of amides is 2. The number of nitrogens with two attached hydrogens (primary N) is 1. The van der Waals surface area contributed by atoms with E-state index in [4.69, 9.17) is 10.5 Å². The summed E-state index contributed by atoms with van der Waals surface area (Å²) >= 11 is 0. The molecule has 1 aromatic rings. The topological polar surface area (TPSA) is 93.7 Å². The molecule has 0 aromatic carbocycles. The molecule has 0 aliphatic carbocycles. The average Bonchev–Trinajstić information content (AvgIpc) is 2.96. The summed E-state index contributed by atoms with van der Waals surface area (Å²) in [5.41, 5.74) is 5.88. The number of imidazole rings is 1. The summed E-state index contributed by atoms with van der Waals surface area (Å²) in [6.07, 6.45) is 3.32. The summed E-state index contributed by atoms with van der Waals surface area (Å²) in [4.78, 5) is 31.5. The fraction of sp³-hybridized carbons (Fsp3) is 0.615. The second-order valence-electron chi connectivity index (χ2n) is 4.89. The first-order valence-corrected chi connectivity index (χ1v) is 6.93. The molecule has 2 heterocycles. The lowest BCUT2D eigenvalue weighted by atomic mass is 10.3. The third kappa shape index (κ3) is 3.79. The Kier molecular flexibility index (Phi) is 5.29. The molecular weight excluding hydrogens is 274 g/mol. The van der Waals surface area contributed by atoms with Gasteiger partial charge in [0.2, 0.25) is 5.91 Å². The SMILES string of the molecule is COCC(=O)N1CCN(C(=O)c2cn(CCN)cn2)CC1. The van der Waals surface area contributed by atoms with Crippen LogP contribution in [0.1, 0.15) is 10.5 Å². The normalized spacial score (nSPS) is 15.3. The minimum atomic E-state index is -0.107. The summed E-state index contributed by atoms with van der Waals surface area (Å²) in [6, 6.07) is 0. The summed E-state index contributed by atoms with van der Waals surface area (Å²) in [5.74, 6) is -0.151. The number of nitrogens with zero attached hydrogens (tertiary/aromatic N) is 4. The molecular formula is C13H21N5O3. The molecule has 1 aliphatic rings. The van der Waals surface area contributed by atoms with Crippen LogP contribution in [0.25, 0.3) is 0 Å². The summed E-state index contributed by atoms with van der Waals surface area (Å²) in [6.45, 7) is 3.30. The molecule has 2 N–H and O–H groups in total. The second-order valence-corrected chi connectivity index (χ2v) is 4.89. The van der Waals surface area contributed by atoms with E-state index in [1.165, 1.54) is 7.11 Å². The standard InChI is InChI=1S/C13H21N5O3/c1-21-9-12(19)17-4-6-18(7-5-17)13(20)11-8-16(3-2-14)10-15-11/h8,10H,2-7,9,14H2,1H3. The van der Waals surface area contributed by atoms with Crippen molar-refractivity contribution in [3.63, 3.8) is 0 Å². The first kappa shape index (κ1) is 15.5. The van der Waals surface area contributed by atoms with Crippen LogP contribution in [0.3, 0.4) is 0 Å². The van der Waals surface area contributed by atoms with Crippen LogP contribution < -0.4 is 5.73 Å². The molecule has 1 aromatic heterocycles. The van der Waals surface area contributed by atoms with E-state index in [-0.39, 0.29) is 18.4 Å². The molecule has 0 unspecified atom stereocenters. The molecule has 116 valence electrons. The van der Waals surface area contributed by atoms with Crippen molar-refractivity contribution in [2.24, 2.45) is 5.73 Å². The smallest absolute Gasteiger partial charge is 0.274 e. The molecule has 8 heteroatoms. The number of carbonyl (C=O) groups is 2. The van der Waals surface area contributed by atoms with Crippen molar-refractivity contribution in [1.82, 2.24) is 19.4 Å². The predicted octanol–water partition coefficient (Wildman–Crippen LogP) is -1.23. The van der Waals surface area contributed by atoms with Crippen LogP contribution in [0.15, 0.2) is 12.5 Å². The van der Waals surface area contributed by atoms with Crippen LogP contribution in [0, 0.1) is 0 Å². The van der Waals surface area contributed by atoms with Gasteiger partial charge in [-0.2, -0.15) is 0 Å². The fourth-order valence-electron chi connectivity index (χ4n) is 2.28. The van der Waals surface area contributed by atoms with Crippen LogP contribution in [-0.4, -0.2) is 77.6 Å². The number of methoxy groups -OCH3 is 1. The highest BCUT2D eigenvalue weighted by molar-refractivity contribution is 5.92. The van der Waals surface area contributed by atoms with Gasteiger partial charge >= 0.3 is 0 Å². The number of hydrogen-bond acceptors (Lipinski definition) is 5. The molecule has 1 aliphatic heterocycles. The van der Waals surface area contributed by atoms with Crippen molar-refractivity contribution < 1.29 is 14.3 Å². The molecule has 0 atom stereocenters. The molecule has 1 saturated heterocycles. The molecule has 1 fully saturated rings. The maximum Gasteiger partial charge on any atom is 0.274 e. The number of aromatic nitrogens is 2. The van der Waals surface area contributed by atoms with E-state index in [1.54, 1.807) is 26.9 Å². The molecule has 8 nitrogen and oxygen atoms in total. The van der Waals surface area contributed by atoms with Gasteiger partial charge in [0.1, 0.15) is 12.3 Å². The van der Waals surface area contributed by atoms with Crippen LogP contribution in [0.4, 0.5) is 0 Å². The van der Waals surface area contributed by atoms with Crippen LogP contribution >= 0.6 is 0 Å². The average molecular weight is 295 g/mol. The quantitative estimate of drug-likeness (QED) is 0.734. The lowest BCUT2D eigenvalue weighted by Gasteiger charge is -2.34. The largest absolute Gasteiger partial charge is 0.375 e. The summed E-state index contributed by atoms with van der Waals surface area (Å²) < 4.78 is 6.63. The molecule has 0 spiro atoms. The zero-order valence-corrected chi connectivity index (χ0v) is 12.2. The van der Waals surface area contributed by atoms with E-state index in [1.807, 2.05) is 0 Å². The number of ether oxygens (including phenoxy) is 1. The van der Waals surface area contributed by atoms with E-state index >= 15 is 0 Å². The van der Waals surface area contributed by atoms with E-state index in [0.717, 1.165) is 0 Å². The van der Waals surface area contributed by atoms with Crippen molar-refractivity contribution in [2.75, 3.05) is 46.4 Å². The van der Waals surface area contributed by atoms with Gasteiger partial charge in [0, 0.05) is 52.6 Å². The van der Waals surface area contributed by atoms with Gasteiger partial charge in [-0.05, 0) is 0 Å². The number of piperazine rings is 1. The van der Waals surface area contributed by atoms with Crippen LogP contribution in [-0.2, 0) is 16.1 Å². The molecule has 21 heavy (non-hydrogen) atoms. The van der Waals surface area contributed by atoms with Gasteiger partial charge in [0.05, 0.1) is 6.33 Å². The first-order valence-electron chi connectivity index (χ1n) is 6.93. The lowest BCUT2D eigenvalue weighted by molar-refractivity contribution is -0.136. The third-order valence-corrected chi connectivity index (χ3v) is 3.43. The number of carbonyl (C=O) groups excluding carboxylic acids is 2. The zero-order chi connectivity index (χ0) is 15.2. The van der Waals surface area contributed by atoms with E-state index in [2.05, 4.69) is 4.98 Å². The Morgan fingerprint density at radius 2 is 1.95 bits per heavy atom. The zero-order valence-electron chi connectivity index (χ0n) is 12.2. The van der Waals surface area contributed by atoms with Gasteiger partial charge in [-0.1, -0.05) is 0 Å². The summed E-state index contributed by atoms with van der Waals surface area (Å²) in [7, 11) is 1.50. The van der Waals surface area contributed by atoms with Crippen LogP contribution in [0.2, 0.25) is 0 Å². The second kappa shape index (κ2) is 7.19. The molecule has 2 amide bonds. The van der Waals surface area contributed by atoms with Crippen LogP contribution in [0.5, 0.6) is 0 Å². The number of hydrogen-bond donors (Lipinski definition) is 1. The third-order valence-electron chi connectivity index (χ3n) is 3.43. The molecule has 0 saturated carbocycles. The summed E-state index contributed by atoms with van der Waals surface area (Å²) in [5, 5.41) is 0. The van der Waals surface area contributed by atoms with Gasteiger partial charge in [-0.3, -0.25) is 9.59 Å². The van der Waals surface area contributed by atoms with E-state index in [9.17, 15) is 9.59 Å². The van der Waals surface area contributed by atoms with Crippen molar-refractivity contribution >= 4 is 11.8 Å². The molecule has 2 rings (SSSR count). The van der Waals surface area contributed by atoms with Crippen molar-refractivity contribution in [3.8, 4) is 0 Å². The predicted molar refractivity (Wildman–Crippen MR) is 75.6 cm³/mol. The molecule has 0 bridgehead atoms. The Hall–Kier alpha value is -1.93. The van der Waals surface area contributed by atoms with Crippen molar-refractivity contribution in [2.45, 2.75) is 6.54 Å². The van der Waals surface area contributed by atoms with Gasteiger partial charge in [-0.15, -0.1) is 0 Å². The maximum atomic E-state index is 12.3. The van der Waals surface area contributed by atoms with Crippen molar-refractivity contribution in [3.05, 3.63) is 18.2 Å². The number of rotatable bonds is 5. The van der Waals surface area contributed by atoms with E-state index < -0.39 is 0 Å². The maximum absolute atomic E-state index is 12.3. The highest BCUT2D eigenvalue weighted by Gasteiger charge is 2.25. The van der Waals surface area contributed by atoms with Gasteiger partial charge in [0.15, 0.2) is 0 Å². The monoisotopic (exact) mass is 295 g/mol. The van der Waals surface area contributed by atoms with E-state index in [0.29, 0.717) is 45.0 Å². The minimum Gasteiger partial charge on any atom is -0.375 e. The Bertz CT molecular complexity index is 494. The fourth-order valence-corrected chi connectivity index (χ4v) is 2.28. The lowest BCUT2D eigenvalue weighted by Crippen LogP contribution is -2.51. The highest BCUT2D eigenvalue weighted by atomic mass is 16.5. The molecule has 0 radical (unpaired) electrons. The Balaban J connectivity index is 1.89. The Labute approximate surface area is 123 Å². The Morgan fingerprint density at radius 3 is 2.57 bits per heavy atom.